The fourth-order valence-electron chi connectivity index (χ4n) is 1.73. The van der Waals surface area contributed by atoms with Crippen molar-refractivity contribution in [2.24, 2.45) is 0 Å². The van der Waals surface area contributed by atoms with Gasteiger partial charge in [0.15, 0.2) is 18.2 Å². The maximum Gasteiger partial charge on any atom is 0.258 e. The number of carbonyl (C=O) groups is 1. The van der Waals surface area contributed by atoms with E-state index in [4.69, 9.17) is 4.74 Å². The molecule has 0 bridgehead atoms. The molecule has 1 aromatic heterocycles. The van der Waals surface area contributed by atoms with E-state index >= 15 is 0 Å². The van der Waals surface area contributed by atoms with Crippen LogP contribution in [-0.2, 0) is 10.4 Å². The quantitative estimate of drug-likeness (QED) is 0.857. The fourth-order valence-corrected chi connectivity index (χ4v) is 2.52. The topological polar surface area (TPSA) is 58.6 Å². The molecule has 1 aromatic carbocycles. The second kappa shape index (κ2) is 6.85. The Morgan fingerprint density at radius 1 is 1.41 bits per heavy atom. The molecule has 0 spiro atoms. The zero-order valence-corrected chi connectivity index (χ0v) is 12.6. The van der Waals surface area contributed by atoms with Gasteiger partial charge in [-0.15, -0.1) is 11.3 Å². The first-order valence-corrected chi connectivity index (χ1v) is 7.37. The van der Waals surface area contributed by atoms with Crippen molar-refractivity contribution in [2.75, 3.05) is 13.2 Å². The average Bonchev–Trinajstić information content (AvgIpc) is 2.99. The summed E-state index contributed by atoms with van der Waals surface area (Å²) in [7, 11) is 0. The summed E-state index contributed by atoms with van der Waals surface area (Å²) in [5.41, 5.74) is -1.19. The van der Waals surface area contributed by atoms with E-state index in [1.807, 2.05) is 5.38 Å². The average molecular weight is 327 g/mol. The Bertz CT molecular complexity index is 644. The highest BCUT2D eigenvalue weighted by atomic mass is 32.1. The van der Waals surface area contributed by atoms with Crippen LogP contribution in [0.1, 0.15) is 11.8 Å². The van der Waals surface area contributed by atoms with Gasteiger partial charge < -0.3 is 15.2 Å². The molecule has 2 rings (SSSR count). The molecule has 1 heterocycles. The molecule has 22 heavy (non-hydrogen) atoms. The van der Waals surface area contributed by atoms with E-state index in [-0.39, 0.29) is 12.3 Å². The summed E-state index contributed by atoms with van der Waals surface area (Å²) >= 11 is 1.38. The number of hydrogen-bond donors (Lipinski definition) is 2. The number of rotatable bonds is 6. The second-order valence-corrected chi connectivity index (χ2v) is 5.84. The Morgan fingerprint density at radius 2 is 2.18 bits per heavy atom. The van der Waals surface area contributed by atoms with Crippen molar-refractivity contribution in [3.8, 4) is 5.75 Å². The molecule has 1 atom stereocenters. The van der Waals surface area contributed by atoms with E-state index in [0.29, 0.717) is 6.07 Å². The highest BCUT2D eigenvalue weighted by Gasteiger charge is 2.24. The molecule has 1 amide bonds. The van der Waals surface area contributed by atoms with Crippen LogP contribution >= 0.6 is 11.3 Å². The van der Waals surface area contributed by atoms with E-state index < -0.39 is 29.7 Å². The van der Waals surface area contributed by atoms with E-state index in [9.17, 15) is 18.7 Å². The van der Waals surface area contributed by atoms with Crippen molar-refractivity contribution in [1.29, 1.82) is 0 Å². The van der Waals surface area contributed by atoms with E-state index in [1.54, 1.807) is 19.1 Å². The molecular weight excluding hydrogens is 312 g/mol. The SMILES string of the molecule is CC(O)(CNC(=O)COc1ccc(F)cc1F)c1cccs1. The largest absolute Gasteiger partial charge is 0.481 e. The molecule has 0 aliphatic rings. The number of amides is 1. The summed E-state index contributed by atoms with van der Waals surface area (Å²) in [4.78, 5) is 12.4. The Balaban J connectivity index is 1.83. The smallest absolute Gasteiger partial charge is 0.258 e. The lowest BCUT2D eigenvalue weighted by Crippen LogP contribution is -2.40. The van der Waals surface area contributed by atoms with E-state index in [1.165, 1.54) is 11.3 Å². The van der Waals surface area contributed by atoms with Crippen LogP contribution in [0.4, 0.5) is 8.78 Å². The van der Waals surface area contributed by atoms with Gasteiger partial charge in [-0.3, -0.25) is 4.79 Å². The van der Waals surface area contributed by atoms with Crippen LogP contribution in [0.25, 0.3) is 0 Å². The van der Waals surface area contributed by atoms with Gasteiger partial charge in [-0.1, -0.05) is 6.07 Å². The first-order chi connectivity index (χ1) is 10.4. The van der Waals surface area contributed by atoms with Crippen LogP contribution < -0.4 is 10.1 Å². The van der Waals surface area contributed by atoms with Crippen LogP contribution in [0.3, 0.4) is 0 Å². The number of thiophene rings is 1. The van der Waals surface area contributed by atoms with Gasteiger partial charge in [0, 0.05) is 10.9 Å². The van der Waals surface area contributed by atoms with Crippen LogP contribution in [0, 0.1) is 11.6 Å². The van der Waals surface area contributed by atoms with Gasteiger partial charge in [-0.2, -0.15) is 0 Å². The Morgan fingerprint density at radius 3 is 2.82 bits per heavy atom. The lowest BCUT2D eigenvalue weighted by Gasteiger charge is -2.22. The molecule has 0 fully saturated rings. The zero-order valence-electron chi connectivity index (χ0n) is 11.8. The van der Waals surface area contributed by atoms with E-state index in [0.717, 1.165) is 17.0 Å². The Hall–Kier alpha value is -1.99. The molecule has 0 radical (unpaired) electrons. The van der Waals surface area contributed by atoms with Crippen molar-refractivity contribution in [1.82, 2.24) is 5.32 Å². The summed E-state index contributed by atoms with van der Waals surface area (Å²) < 4.78 is 31.0. The monoisotopic (exact) mass is 327 g/mol. The number of nitrogens with one attached hydrogen (secondary N) is 1. The number of benzene rings is 1. The summed E-state index contributed by atoms with van der Waals surface area (Å²) in [6.07, 6.45) is 0. The maximum atomic E-state index is 13.3. The molecule has 4 nitrogen and oxygen atoms in total. The molecule has 7 heteroatoms. The van der Waals surface area contributed by atoms with Crippen molar-refractivity contribution in [3.05, 3.63) is 52.2 Å². The lowest BCUT2D eigenvalue weighted by molar-refractivity contribution is -0.124. The molecule has 0 saturated carbocycles. The zero-order chi connectivity index (χ0) is 16.2. The number of ether oxygens (including phenoxy) is 1. The van der Waals surface area contributed by atoms with Gasteiger partial charge in [0.2, 0.25) is 0 Å². The van der Waals surface area contributed by atoms with Gasteiger partial charge in [0.25, 0.3) is 5.91 Å². The predicted octanol–water partition coefficient (Wildman–Crippen LogP) is 2.43. The maximum absolute atomic E-state index is 13.3. The van der Waals surface area contributed by atoms with E-state index in [2.05, 4.69) is 5.32 Å². The number of halogens is 2. The fraction of sp³-hybridized carbons (Fsp3) is 0.267. The summed E-state index contributed by atoms with van der Waals surface area (Å²) in [5, 5.41) is 14.6. The second-order valence-electron chi connectivity index (χ2n) is 4.89. The van der Waals surface area contributed by atoms with Gasteiger partial charge in [-0.05, 0) is 30.5 Å². The molecule has 118 valence electrons. The molecule has 0 aliphatic heterocycles. The van der Waals surface area contributed by atoms with Crippen LogP contribution in [0.15, 0.2) is 35.7 Å². The Labute approximate surface area is 130 Å². The molecule has 0 saturated heterocycles. The standard InChI is InChI=1S/C15H15F2NO3S/c1-15(20,13-3-2-6-22-13)9-18-14(19)8-21-12-5-4-10(16)7-11(12)17/h2-7,20H,8-9H2,1H3,(H,18,19). The minimum atomic E-state index is -1.19. The van der Waals surface area contributed by atoms with Crippen LogP contribution in [0.2, 0.25) is 0 Å². The summed E-state index contributed by atoms with van der Waals surface area (Å²) in [6, 6.07) is 6.39. The number of aliphatic hydroxyl groups is 1. The minimum absolute atomic E-state index is 0.00159. The van der Waals surface area contributed by atoms with Gasteiger partial charge >= 0.3 is 0 Å². The Kier molecular flexibility index (Phi) is 5.10. The highest BCUT2D eigenvalue weighted by Crippen LogP contribution is 2.24. The first-order valence-electron chi connectivity index (χ1n) is 6.49. The van der Waals surface area contributed by atoms with Gasteiger partial charge in [-0.25, -0.2) is 8.78 Å². The normalized spacial score (nSPS) is 13.5. The van der Waals surface area contributed by atoms with Gasteiger partial charge in [0.1, 0.15) is 11.4 Å². The third-order valence-electron chi connectivity index (χ3n) is 2.93. The molecular formula is C15H15F2NO3S. The lowest BCUT2D eigenvalue weighted by atomic mass is 10.1. The van der Waals surface area contributed by atoms with Crippen molar-refractivity contribution < 1.29 is 23.4 Å². The summed E-state index contributed by atoms with van der Waals surface area (Å²) in [5.74, 6) is -2.32. The molecule has 1 unspecified atom stereocenters. The van der Waals surface area contributed by atoms with Crippen LogP contribution in [-0.4, -0.2) is 24.2 Å². The third kappa shape index (κ3) is 4.25. The molecule has 0 aliphatic carbocycles. The number of hydrogen-bond acceptors (Lipinski definition) is 4. The minimum Gasteiger partial charge on any atom is -0.481 e. The molecule has 2 N–H and O–H groups in total. The highest BCUT2D eigenvalue weighted by molar-refractivity contribution is 7.10. The third-order valence-corrected chi connectivity index (χ3v) is 4.06. The number of carbonyl (C=O) groups excluding carboxylic acids is 1. The molecule has 2 aromatic rings. The van der Waals surface area contributed by atoms with Crippen molar-refractivity contribution in [3.63, 3.8) is 0 Å². The predicted molar refractivity (Wildman–Crippen MR) is 78.8 cm³/mol. The van der Waals surface area contributed by atoms with Crippen LogP contribution in [0.5, 0.6) is 5.75 Å². The summed E-state index contributed by atoms with van der Waals surface area (Å²) in [6.45, 7) is 1.16. The first kappa shape index (κ1) is 16.4. The van der Waals surface area contributed by atoms with Crippen molar-refractivity contribution >= 4 is 17.2 Å². The van der Waals surface area contributed by atoms with Crippen molar-refractivity contribution in [2.45, 2.75) is 12.5 Å². The van der Waals surface area contributed by atoms with Gasteiger partial charge in [0.05, 0.1) is 6.54 Å².